The number of imide groups is 2. The molecule has 4 amide bonds. The van der Waals surface area contributed by atoms with E-state index in [2.05, 4.69) is 5.32 Å². The van der Waals surface area contributed by atoms with Crippen LogP contribution in [0.2, 0.25) is 0 Å². The number of halogens is 3. The van der Waals surface area contributed by atoms with E-state index in [0.29, 0.717) is 11.4 Å². The van der Waals surface area contributed by atoms with Crippen molar-refractivity contribution in [2.45, 2.75) is 25.4 Å². The van der Waals surface area contributed by atoms with Crippen molar-refractivity contribution in [3.8, 4) is 0 Å². The van der Waals surface area contributed by atoms with Crippen LogP contribution in [0.4, 0.5) is 30.2 Å². The summed E-state index contributed by atoms with van der Waals surface area (Å²) in [6.07, 6.45) is -4.87. The van der Waals surface area contributed by atoms with E-state index in [-0.39, 0.29) is 39.1 Å². The van der Waals surface area contributed by atoms with Gasteiger partial charge in [-0.2, -0.15) is 13.2 Å². The molecule has 10 heteroatoms. The zero-order chi connectivity index (χ0) is 30.8. The van der Waals surface area contributed by atoms with Gasteiger partial charge in [0.1, 0.15) is 5.41 Å². The summed E-state index contributed by atoms with van der Waals surface area (Å²) in [5, 5.41) is 3.20. The van der Waals surface area contributed by atoms with Gasteiger partial charge >= 0.3 is 6.18 Å². The number of carbonyl (C=O) groups is 4. The highest BCUT2D eigenvalue weighted by Gasteiger charge is 2.55. The van der Waals surface area contributed by atoms with Crippen LogP contribution in [0, 0.1) is 6.92 Å². The minimum atomic E-state index is -4.87. The summed E-state index contributed by atoms with van der Waals surface area (Å²) in [6.45, 7) is 2.75. The number of rotatable bonds is 5. The van der Waals surface area contributed by atoms with E-state index in [1.165, 1.54) is 25.2 Å². The summed E-state index contributed by atoms with van der Waals surface area (Å²) in [5.41, 5.74) is -1.34. The minimum Gasteiger partial charge on any atom is -0.354 e. The maximum atomic E-state index is 14.9. The van der Waals surface area contributed by atoms with Gasteiger partial charge in [0.15, 0.2) is 0 Å². The fraction of sp³-hybridized carbons (Fsp3) is 0.152. The zero-order valence-corrected chi connectivity index (χ0v) is 23.2. The molecular formula is C33H24F3N3O4. The molecule has 1 N–H and O–H groups in total. The summed E-state index contributed by atoms with van der Waals surface area (Å²) in [5.74, 6) is -2.72. The summed E-state index contributed by atoms with van der Waals surface area (Å²) in [4.78, 5) is 54.0. The van der Waals surface area contributed by atoms with Crippen LogP contribution in [0.3, 0.4) is 0 Å². The van der Waals surface area contributed by atoms with Gasteiger partial charge in [-0.1, -0.05) is 36.4 Å². The van der Waals surface area contributed by atoms with Crippen LogP contribution >= 0.6 is 0 Å². The molecule has 0 fully saturated rings. The SMILES string of the molecule is Cc1ccc(Nc2ccccc2)c(N2C(=O)c3ccc(C(C)(c4ccc5c(c4)C(=O)N(C)C5=O)C(F)(F)F)cc3C2=O)c1. The minimum absolute atomic E-state index is 0.0178. The first-order valence-electron chi connectivity index (χ1n) is 13.3. The van der Waals surface area contributed by atoms with E-state index in [1.807, 2.05) is 36.4 Å². The zero-order valence-electron chi connectivity index (χ0n) is 23.2. The molecule has 0 aromatic heterocycles. The van der Waals surface area contributed by atoms with Crippen molar-refractivity contribution in [1.82, 2.24) is 4.90 Å². The molecule has 1 atom stereocenters. The third-order valence-corrected chi connectivity index (χ3v) is 8.14. The monoisotopic (exact) mass is 583 g/mol. The van der Waals surface area contributed by atoms with Crippen LogP contribution in [0.25, 0.3) is 0 Å². The number of alkyl halides is 3. The number of benzene rings is 4. The number of anilines is 3. The molecule has 2 heterocycles. The van der Waals surface area contributed by atoms with E-state index >= 15 is 0 Å². The van der Waals surface area contributed by atoms with Gasteiger partial charge in [-0.15, -0.1) is 0 Å². The maximum absolute atomic E-state index is 14.9. The van der Waals surface area contributed by atoms with E-state index < -0.39 is 35.2 Å². The molecular weight excluding hydrogens is 559 g/mol. The van der Waals surface area contributed by atoms with E-state index in [1.54, 1.807) is 19.1 Å². The molecule has 0 saturated heterocycles. The second-order valence-electron chi connectivity index (χ2n) is 10.8. The molecule has 2 aliphatic heterocycles. The Kier molecular flexibility index (Phi) is 6.26. The lowest BCUT2D eigenvalue weighted by molar-refractivity contribution is -0.173. The Bertz CT molecular complexity index is 1870. The van der Waals surface area contributed by atoms with Crippen LogP contribution in [0.1, 0.15) is 65.0 Å². The third-order valence-electron chi connectivity index (χ3n) is 8.14. The molecule has 0 bridgehead atoms. The van der Waals surface area contributed by atoms with Crippen molar-refractivity contribution in [2.75, 3.05) is 17.3 Å². The predicted molar refractivity (Wildman–Crippen MR) is 154 cm³/mol. The lowest BCUT2D eigenvalue weighted by Gasteiger charge is -2.33. The van der Waals surface area contributed by atoms with Crippen LogP contribution < -0.4 is 10.2 Å². The first-order valence-corrected chi connectivity index (χ1v) is 13.3. The van der Waals surface area contributed by atoms with Gasteiger partial charge in [-0.3, -0.25) is 24.1 Å². The molecule has 216 valence electrons. The van der Waals surface area contributed by atoms with E-state index in [9.17, 15) is 32.3 Å². The highest BCUT2D eigenvalue weighted by molar-refractivity contribution is 6.35. The average Bonchev–Trinajstić information content (AvgIpc) is 3.36. The number of nitrogens with zero attached hydrogens (tertiary/aromatic N) is 2. The summed E-state index contributed by atoms with van der Waals surface area (Å²) < 4.78 is 44.8. The molecule has 0 spiro atoms. The van der Waals surface area contributed by atoms with Crippen LogP contribution in [-0.2, 0) is 5.41 Å². The Labute approximate surface area is 244 Å². The normalized spacial score (nSPS) is 16.0. The number of carbonyl (C=O) groups excluding carboxylic acids is 4. The van der Waals surface area contributed by atoms with Gasteiger partial charge in [-0.25, -0.2) is 4.90 Å². The molecule has 43 heavy (non-hydrogen) atoms. The number of hydrogen-bond donors (Lipinski definition) is 1. The van der Waals surface area contributed by atoms with Crippen molar-refractivity contribution in [3.63, 3.8) is 0 Å². The highest BCUT2D eigenvalue weighted by atomic mass is 19.4. The second-order valence-corrected chi connectivity index (χ2v) is 10.8. The molecule has 7 nitrogen and oxygen atoms in total. The summed E-state index contributed by atoms with van der Waals surface area (Å²) in [6, 6.07) is 21.3. The Balaban J connectivity index is 1.44. The smallest absolute Gasteiger partial charge is 0.354 e. The number of amides is 4. The predicted octanol–water partition coefficient (Wildman–Crippen LogP) is 6.63. The Morgan fingerprint density at radius 1 is 0.651 bits per heavy atom. The molecule has 4 aromatic carbocycles. The standard InChI is InChI=1S/C33H24F3N3O4/c1-18-9-14-26(37-21-7-5-4-6-8-21)27(15-18)39-30(42)23-13-11-20(17-25(23)31(39)43)32(2,33(34,35)36)19-10-12-22-24(16-19)29(41)38(3)28(22)40/h4-17,37H,1-3H3. The number of para-hydroxylation sites is 1. The lowest BCUT2D eigenvalue weighted by Crippen LogP contribution is -2.41. The fourth-order valence-corrected chi connectivity index (χ4v) is 5.55. The summed E-state index contributed by atoms with van der Waals surface area (Å²) in [7, 11) is 1.26. The fourth-order valence-electron chi connectivity index (χ4n) is 5.55. The van der Waals surface area contributed by atoms with Crippen LogP contribution in [0.5, 0.6) is 0 Å². The van der Waals surface area contributed by atoms with Crippen molar-refractivity contribution in [1.29, 1.82) is 0 Å². The van der Waals surface area contributed by atoms with E-state index in [4.69, 9.17) is 0 Å². The first-order chi connectivity index (χ1) is 20.3. The molecule has 2 aliphatic rings. The van der Waals surface area contributed by atoms with Gasteiger partial charge in [0.25, 0.3) is 23.6 Å². The quantitative estimate of drug-likeness (QED) is 0.267. The van der Waals surface area contributed by atoms with Gasteiger partial charge < -0.3 is 5.32 Å². The van der Waals surface area contributed by atoms with Crippen molar-refractivity contribution < 1.29 is 32.3 Å². The van der Waals surface area contributed by atoms with Crippen molar-refractivity contribution in [2.24, 2.45) is 0 Å². The van der Waals surface area contributed by atoms with E-state index in [0.717, 1.165) is 40.5 Å². The molecule has 0 saturated carbocycles. The highest BCUT2D eigenvalue weighted by Crippen LogP contribution is 2.48. The molecule has 6 rings (SSSR count). The van der Waals surface area contributed by atoms with Gasteiger partial charge in [0.2, 0.25) is 0 Å². The maximum Gasteiger partial charge on any atom is 0.402 e. The largest absolute Gasteiger partial charge is 0.402 e. The van der Waals surface area contributed by atoms with Gasteiger partial charge in [0.05, 0.1) is 33.6 Å². The molecule has 0 radical (unpaired) electrons. The van der Waals surface area contributed by atoms with Crippen molar-refractivity contribution >= 4 is 40.7 Å². The summed E-state index contributed by atoms with van der Waals surface area (Å²) >= 11 is 0. The average molecular weight is 584 g/mol. The molecule has 4 aromatic rings. The van der Waals surface area contributed by atoms with Crippen molar-refractivity contribution in [3.05, 3.63) is 124 Å². The number of fused-ring (bicyclic) bond motifs is 2. The van der Waals surface area contributed by atoms with Gasteiger partial charge in [-0.05, 0) is 79.1 Å². The second kappa shape index (κ2) is 9.65. The van der Waals surface area contributed by atoms with Crippen LogP contribution in [-0.4, -0.2) is 41.8 Å². The van der Waals surface area contributed by atoms with Gasteiger partial charge in [0, 0.05) is 12.7 Å². The Hall–Kier alpha value is -5.25. The van der Waals surface area contributed by atoms with Crippen LogP contribution in [0.15, 0.2) is 84.9 Å². The number of nitrogens with one attached hydrogen (secondary N) is 1. The topological polar surface area (TPSA) is 86.8 Å². The molecule has 0 aliphatic carbocycles. The number of aryl methyl sites for hydroxylation is 1. The first kappa shape index (κ1) is 27.9. The number of hydrogen-bond acceptors (Lipinski definition) is 5. The Morgan fingerprint density at radius 2 is 1.19 bits per heavy atom. The third kappa shape index (κ3) is 4.20. The lowest BCUT2D eigenvalue weighted by atomic mass is 9.74. The molecule has 1 unspecified atom stereocenters. The Morgan fingerprint density at radius 3 is 1.79 bits per heavy atom.